The fourth-order valence-corrected chi connectivity index (χ4v) is 4.65. The predicted molar refractivity (Wildman–Crippen MR) is 101 cm³/mol. The van der Waals surface area contributed by atoms with Crippen LogP contribution in [0, 0.1) is 5.92 Å². The van der Waals surface area contributed by atoms with Crippen molar-refractivity contribution in [2.75, 3.05) is 7.11 Å². The fourth-order valence-electron chi connectivity index (χ4n) is 4.11. The molecule has 3 rings (SSSR count). The average Bonchev–Trinajstić information content (AvgIpc) is 3.16. The van der Waals surface area contributed by atoms with Gasteiger partial charge in [0.1, 0.15) is 11.4 Å². The quantitative estimate of drug-likeness (QED) is 0.755. The second kappa shape index (κ2) is 7.04. The monoisotopic (exact) mass is 410 g/mol. The summed E-state index contributed by atoms with van der Waals surface area (Å²) in [6.45, 7) is 5.43. The van der Waals surface area contributed by atoms with E-state index in [9.17, 15) is 18.0 Å². The van der Waals surface area contributed by atoms with Crippen LogP contribution in [-0.4, -0.2) is 50.0 Å². The molecular formula is C19H26N2O6S. The first-order valence-corrected chi connectivity index (χ1v) is 10.7. The van der Waals surface area contributed by atoms with Crippen molar-refractivity contribution in [3.8, 4) is 5.75 Å². The van der Waals surface area contributed by atoms with Gasteiger partial charge in [0.2, 0.25) is 10.0 Å². The van der Waals surface area contributed by atoms with Gasteiger partial charge in [0.25, 0.3) is 5.91 Å². The molecule has 28 heavy (non-hydrogen) atoms. The molecule has 1 aromatic carbocycles. The predicted octanol–water partition coefficient (Wildman–Crippen LogP) is 1.68. The first kappa shape index (κ1) is 20.6. The van der Waals surface area contributed by atoms with Crippen LogP contribution in [0.3, 0.4) is 0 Å². The van der Waals surface area contributed by atoms with Crippen LogP contribution in [0.4, 0.5) is 0 Å². The molecule has 8 nitrogen and oxygen atoms in total. The van der Waals surface area contributed by atoms with Gasteiger partial charge < -0.3 is 14.4 Å². The summed E-state index contributed by atoms with van der Waals surface area (Å²) in [6, 6.07) is 3.59. The molecule has 0 aromatic heterocycles. The minimum absolute atomic E-state index is 0.0853. The summed E-state index contributed by atoms with van der Waals surface area (Å²) in [5, 5.41) is 5.20. The zero-order valence-electron chi connectivity index (χ0n) is 16.5. The van der Waals surface area contributed by atoms with Gasteiger partial charge in [-0.15, -0.1) is 0 Å². The van der Waals surface area contributed by atoms with Crippen LogP contribution in [0.15, 0.2) is 23.1 Å². The lowest BCUT2D eigenvalue weighted by molar-refractivity contribution is -0.160. The van der Waals surface area contributed by atoms with Gasteiger partial charge in [0.15, 0.2) is 0 Å². The summed E-state index contributed by atoms with van der Waals surface area (Å²) < 4.78 is 34.2. The number of hydrogen-bond donors (Lipinski definition) is 1. The molecule has 0 unspecified atom stereocenters. The number of carbonyl (C=O) groups excluding carboxylic acids is 2. The maximum absolute atomic E-state index is 13.3. The van der Waals surface area contributed by atoms with Gasteiger partial charge in [-0.05, 0) is 58.2 Å². The van der Waals surface area contributed by atoms with E-state index in [-0.39, 0.29) is 46.1 Å². The lowest BCUT2D eigenvalue weighted by atomic mass is 9.89. The van der Waals surface area contributed by atoms with Crippen molar-refractivity contribution >= 4 is 21.9 Å². The number of esters is 1. The number of primary sulfonamides is 1. The lowest BCUT2D eigenvalue weighted by Gasteiger charge is -2.27. The molecule has 0 aliphatic carbocycles. The highest BCUT2D eigenvalue weighted by Gasteiger charge is 2.52. The van der Waals surface area contributed by atoms with Crippen LogP contribution in [0.25, 0.3) is 0 Å². The van der Waals surface area contributed by atoms with Crippen molar-refractivity contribution in [3.05, 3.63) is 23.8 Å². The third-order valence-corrected chi connectivity index (χ3v) is 6.12. The number of nitrogens with two attached hydrogens (primary N) is 1. The molecule has 0 saturated carbocycles. The molecule has 1 amide bonds. The first-order chi connectivity index (χ1) is 12.9. The Morgan fingerprint density at radius 1 is 1.21 bits per heavy atom. The molecule has 9 heteroatoms. The van der Waals surface area contributed by atoms with Crippen molar-refractivity contribution in [1.29, 1.82) is 0 Å². The minimum Gasteiger partial charge on any atom is -0.496 e. The van der Waals surface area contributed by atoms with Crippen LogP contribution < -0.4 is 9.88 Å². The van der Waals surface area contributed by atoms with Gasteiger partial charge in [-0.25, -0.2) is 13.6 Å². The number of nitrogens with zero attached hydrogens (tertiary/aromatic N) is 1. The van der Waals surface area contributed by atoms with Crippen LogP contribution in [0.1, 0.15) is 50.4 Å². The number of methoxy groups -OCH3 is 1. The smallest absolute Gasteiger partial charge is 0.311 e. The third-order valence-electron chi connectivity index (χ3n) is 5.21. The van der Waals surface area contributed by atoms with E-state index in [1.807, 2.05) is 20.8 Å². The van der Waals surface area contributed by atoms with E-state index in [0.29, 0.717) is 12.8 Å². The molecule has 2 N–H and O–H groups in total. The highest BCUT2D eigenvalue weighted by Crippen LogP contribution is 2.44. The second-order valence-electron chi connectivity index (χ2n) is 8.29. The number of benzene rings is 1. The van der Waals surface area contributed by atoms with Gasteiger partial charge in [0.05, 0.1) is 23.5 Å². The Morgan fingerprint density at radius 2 is 1.89 bits per heavy atom. The normalized spacial score (nSPS) is 24.3. The van der Waals surface area contributed by atoms with Gasteiger partial charge in [-0.1, -0.05) is 0 Å². The first-order valence-electron chi connectivity index (χ1n) is 9.19. The molecule has 0 radical (unpaired) electrons. The Bertz CT molecular complexity index is 905. The molecule has 2 heterocycles. The number of sulfonamides is 1. The van der Waals surface area contributed by atoms with E-state index >= 15 is 0 Å². The zero-order valence-corrected chi connectivity index (χ0v) is 17.3. The number of rotatable bonds is 4. The van der Waals surface area contributed by atoms with Crippen LogP contribution >= 0.6 is 0 Å². The molecule has 2 aliphatic rings. The minimum atomic E-state index is -3.96. The average molecular weight is 410 g/mol. The number of amides is 1. The van der Waals surface area contributed by atoms with Gasteiger partial charge >= 0.3 is 5.97 Å². The van der Waals surface area contributed by atoms with Gasteiger partial charge in [-0.3, -0.25) is 9.59 Å². The maximum atomic E-state index is 13.3. The van der Waals surface area contributed by atoms with E-state index in [4.69, 9.17) is 14.6 Å². The van der Waals surface area contributed by atoms with Crippen molar-refractivity contribution in [2.24, 2.45) is 11.1 Å². The number of fused-ring (bicyclic) bond motifs is 2. The van der Waals surface area contributed by atoms with Crippen LogP contribution in [0.5, 0.6) is 5.75 Å². The van der Waals surface area contributed by atoms with E-state index in [1.54, 1.807) is 4.90 Å². The summed E-state index contributed by atoms with van der Waals surface area (Å²) in [5.41, 5.74) is -0.475. The highest BCUT2D eigenvalue weighted by molar-refractivity contribution is 7.89. The molecule has 2 saturated heterocycles. The summed E-state index contributed by atoms with van der Waals surface area (Å²) in [5.74, 6) is -0.782. The lowest BCUT2D eigenvalue weighted by Crippen LogP contribution is -2.39. The molecular weight excluding hydrogens is 384 g/mol. The van der Waals surface area contributed by atoms with Crippen molar-refractivity contribution in [1.82, 2.24) is 4.90 Å². The molecule has 0 spiro atoms. The Labute approximate surface area is 165 Å². The highest BCUT2D eigenvalue weighted by atomic mass is 32.2. The fraction of sp³-hybridized carbons (Fsp3) is 0.579. The van der Waals surface area contributed by atoms with E-state index < -0.39 is 15.6 Å². The third kappa shape index (κ3) is 3.86. The standard InChI is InChI=1S/C19H26N2O6S/c1-19(2,3)27-18(23)13-9-11-5-7-15(13)21(11)17(22)14-10-12(28(20,24)25)6-8-16(14)26-4/h6,8,10-11,13,15H,5,7,9H2,1-4H3,(H2,20,24,25)/t11-,13-,15-/m0/s1. The Morgan fingerprint density at radius 3 is 2.46 bits per heavy atom. The Hall–Kier alpha value is -2.13. The molecule has 1 aromatic rings. The molecule has 2 fully saturated rings. The summed E-state index contributed by atoms with van der Waals surface area (Å²) in [6.07, 6.45) is 2.05. The summed E-state index contributed by atoms with van der Waals surface area (Å²) in [7, 11) is -2.56. The van der Waals surface area contributed by atoms with E-state index in [2.05, 4.69) is 0 Å². The molecule has 2 bridgehead atoms. The van der Waals surface area contributed by atoms with Gasteiger partial charge in [-0.2, -0.15) is 0 Å². The molecule has 3 atom stereocenters. The van der Waals surface area contributed by atoms with Crippen molar-refractivity contribution in [2.45, 2.75) is 62.6 Å². The number of ether oxygens (including phenoxy) is 2. The molecule has 154 valence electrons. The van der Waals surface area contributed by atoms with E-state index in [0.717, 1.165) is 6.42 Å². The van der Waals surface area contributed by atoms with E-state index in [1.165, 1.54) is 25.3 Å². The van der Waals surface area contributed by atoms with Crippen LogP contribution in [0.2, 0.25) is 0 Å². The summed E-state index contributed by atoms with van der Waals surface area (Å²) in [4.78, 5) is 27.4. The van der Waals surface area contributed by atoms with Gasteiger partial charge in [0, 0.05) is 12.1 Å². The second-order valence-corrected chi connectivity index (χ2v) is 9.86. The maximum Gasteiger partial charge on any atom is 0.311 e. The Kier molecular flexibility index (Phi) is 5.18. The molecule has 2 aliphatic heterocycles. The Balaban J connectivity index is 1.91. The number of carbonyl (C=O) groups is 2. The number of hydrogen-bond acceptors (Lipinski definition) is 6. The largest absolute Gasteiger partial charge is 0.496 e. The summed E-state index contributed by atoms with van der Waals surface area (Å²) >= 11 is 0. The van der Waals surface area contributed by atoms with Crippen molar-refractivity contribution < 1.29 is 27.5 Å². The zero-order chi connectivity index (χ0) is 20.9. The SMILES string of the molecule is COc1ccc(S(N)(=O)=O)cc1C(=O)N1[C@H]2CC[C@H]1[C@@H](C(=O)OC(C)(C)C)C2. The topological polar surface area (TPSA) is 116 Å². The van der Waals surface area contributed by atoms with Crippen LogP contribution in [-0.2, 0) is 19.6 Å². The van der Waals surface area contributed by atoms with Crippen molar-refractivity contribution in [3.63, 3.8) is 0 Å².